The van der Waals surface area contributed by atoms with Gasteiger partial charge in [-0.25, -0.2) is 0 Å². The molecule has 4 aromatic rings. The quantitative estimate of drug-likeness (QED) is 0.277. The molecule has 3 heterocycles. The van der Waals surface area contributed by atoms with Crippen LogP contribution in [-0.4, -0.2) is 90.9 Å². The zero-order valence-corrected chi connectivity index (χ0v) is 25.0. The molecule has 3 aromatic carbocycles. The van der Waals surface area contributed by atoms with Gasteiger partial charge < -0.3 is 24.2 Å². The van der Waals surface area contributed by atoms with E-state index in [1.807, 2.05) is 35.2 Å². The van der Waals surface area contributed by atoms with Crippen molar-refractivity contribution in [3.8, 4) is 28.1 Å². The lowest BCUT2D eigenvalue weighted by Gasteiger charge is -2.36. The summed E-state index contributed by atoms with van der Waals surface area (Å²) in [5.41, 5.74) is 4.69. The monoisotopic (exact) mass is 591 g/mol. The molecule has 0 saturated carbocycles. The summed E-state index contributed by atoms with van der Waals surface area (Å²) in [5, 5.41) is 8.99. The van der Waals surface area contributed by atoms with Gasteiger partial charge in [0.15, 0.2) is 5.82 Å². The Hall–Kier alpha value is -4.76. The second-order valence-corrected chi connectivity index (χ2v) is 11.1. The summed E-state index contributed by atoms with van der Waals surface area (Å²) in [6.07, 6.45) is 1.80. The SMILES string of the molecule is COc1ccc(C(=O)N(CC(=O)N2CCN(c3ccc(-c4ccc(-c5ccccc5)cc4)nn3)CC2)C[C@@H]2CCCO2)cc1. The third kappa shape index (κ3) is 6.89. The second kappa shape index (κ2) is 13.7. The number of rotatable bonds is 9. The average Bonchev–Trinajstić information content (AvgIpc) is 3.61. The molecule has 2 saturated heterocycles. The number of carbonyl (C=O) groups excluding carboxylic acids is 2. The lowest BCUT2D eigenvalue weighted by molar-refractivity contribution is -0.132. The Morgan fingerprint density at radius 2 is 1.55 bits per heavy atom. The highest BCUT2D eigenvalue weighted by molar-refractivity contribution is 5.96. The van der Waals surface area contributed by atoms with E-state index in [0.717, 1.165) is 35.5 Å². The molecule has 0 radical (unpaired) electrons. The van der Waals surface area contributed by atoms with Gasteiger partial charge in [0.05, 0.1) is 18.9 Å². The van der Waals surface area contributed by atoms with Crippen molar-refractivity contribution in [2.75, 3.05) is 57.9 Å². The molecule has 1 atom stereocenters. The van der Waals surface area contributed by atoms with E-state index in [1.165, 1.54) is 5.56 Å². The Balaban J connectivity index is 1.05. The van der Waals surface area contributed by atoms with E-state index >= 15 is 0 Å². The number of methoxy groups -OCH3 is 1. The Bertz CT molecular complexity index is 1530. The molecule has 2 fully saturated rings. The van der Waals surface area contributed by atoms with Gasteiger partial charge in [-0.2, -0.15) is 0 Å². The molecule has 6 rings (SSSR count). The van der Waals surface area contributed by atoms with E-state index in [2.05, 4.69) is 51.5 Å². The van der Waals surface area contributed by atoms with E-state index < -0.39 is 0 Å². The molecular formula is C35H37N5O4. The van der Waals surface area contributed by atoms with Crippen molar-refractivity contribution in [3.63, 3.8) is 0 Å². The normalized spacial score (nSPS) is 16.5. The number of anilines is 1. The minimum atomic E-state index is -0.180. The van der Waals surface area contributed by atoms with E-state index in [-0.39, 0.29) is 24.5 Å². The fraction of sp³-hybridized carbons (Fsp3) is 0.314. The number of benzene rings is 3. The van der Waals surface area contributed by atoms with Gasteiger partial charge in [-0.05, 0) is 60.4 Å². The number of piperazine rings is 1. The molecule has 0 spiro atoms. The maximum absolute atomic E-state index is 13.4. The highest BCUT2D eigenvalue weighted by atomic mass is 16.5. The van der Waals surface area contributed by atoms with Crippen molar-refractivity contribution in [2.24, 2.45) is 0 Å². The average molecular weight is 592 g/mol. The number of amides is 2. The summed E-state index contributed by atoms with van der Waals surface area (Å²) >= 11 is 0. The molecular weight excluding hydrogens is 554 g/mol. The van der Waals surface area contributed by atoms with E-state index in [1.54, 1.807) is 36.3 Å². The van der Waals surface area contributed by atoms with Crippen LogP contribution in [0.3, 0.4) is 0 Å². The zero-order valence-electron chi connectivity index (χ0n) is 25.0. The van der Waals surface area contributed by atoms with Gasteiger partial charge in [0.2, 0.25) is 5.91 Å². The topological polar surface area (TPSA) is 88.1 Å². The first-order valence-corrected chi connectivity index (χ1v) is 15.1. The summed E-state index contributed by atoms with van der Waals surface area (Å²) in [6.45, 7) is 3.49. The molecule has 1 aromatic heterocycles. The third-order valence-corrected chi connectivity index (χ3v) is 8.29. The van der Waals surface area contributed by atoms with E-state index in [9.17, 15) is 9.59 Å². The van der Waals surface area contributed by atoms with Crippen molar-refractivity contribution in [1.29, 1.82) is 0 Å². The lowest BCUT2D eigenvalue weighted by Crippen LogP contribution is -2.52. The van der Waals surface area contributed by atoms with Crippen molar-refractivity contribution in [3.05, 3.63) is 96.6 Å². The summed E-state index contributed by atoms with van der Waals surface area (Å²) in [5.74, 6) is 1.22. The Kier molecular flexibility index (Phi) is 9.12. The van der Waals surface area contributed by atoms with Crippen LogP contribution in [0.2, 0.25) is 0 Å². The molecule has 9 heteroatoms. The molecule has 0 aliphatic carbocycles. The predicted octanol–water partition coefficient (Wildman–Crippen LogP) is 4.79. The lowest BCUT2D eigenvalue weighted by atomic mass is 10.0. The third-order valence-electron chi connectivity index (χ3n) is 8.29. The first-order valence-electron chi connectivity index (χ1n) is 15.1. The Morgan fingerprint density at radius 3 is 2.18 bits per heavy atom. The second-order valence-electron chi connectivity index (χ2n) is 11.1. The van der Waals surface area contributed by atoms with Crippen LogP contribution in [0, 0.1) is 0 Å². The van der Waals surface area contributed by atoms with E-state index in [4.69, 9.17) is 9.47 Å². The van der Waals surface area contributed by atoms with Crippen LogP contribution in [0.1, 0.15) is 23.2 Å². The number of hydrogen-bond donors (Lipinski definition) is 0. The summed E-state index contributed by atoms with van der Waals surface area (Å²) in [4.78, 5) is 32.4. The van der Waals surface area contributed by atoms with Gasteiger partial charge in [0.25, 0.3) is 5.91 Å². The highest BCUT2D eigenvalue weighted by Crippen LogP contribution is 2.25. The number of ether oxygens (including phenoxy) is 2. The first kappa shape index (κ1) is 29.3. The van der Waals surface area contributed by atoms with Gasteiger partial charge in [0, 0.05) is 50.5 Å². The molecule has 2 aliphatic heterocycles. The van der Waals surface area contributed by atoms with Gasteiger partial charge in [-0.15, -0.1) is 10.2 Å². The van der Waals surface area contributed by atoms with E-state index in [0.29, 0.717) is 50.6 Å². The van der Waals surface area contributed by atoms with Gasteiger partial charge in [-0.1, -0.05) is 54.6 Å². The van der Waals surface area contributed by atoms with Crippen LogP contribution < -0.4 is 9.64 Å². The van der Waals surface area contributed by atoms with Crippen LogP contribution >= 0.6 is 0 Å². The van der Waals surface area contributed by atoms with Crippen molar-refractivity contribution in [2.45, 2.75) is 18.9 Å². The minimum absolute atomic E-state index is 0.0162. The number of nitrogens with zero attached hydrogens (tertiary/aromatic N) is 5. The van der Waals surface area contributed by atoms with Crippen LogP contribution in [0.15, 0.2) is 91.0 Å². The Labute approximate surface area is 258 Å². The first-order chi connectivity index (χ1) is 21.6. The van der Waals surface area contributed by atoms with Crippen LogP contribution in [0.4, 0.5) is 5.82 Å². The molecule has 0 N–H and O–H groups in total. The fourth-order valence-corrected chi connectivity index (χ4v) is 5.73. The highest BCUT2D eigenvalue weighted by Gasteiger charge is 2.29. The van der Waals surface area contributed by atoms with Crippen molar-refractivity contribution >= 4 is 17.6 Å². The minimum Gasteiger partial charge on any atom is -0.497 e. The molecule has 2 aliphatic rings. The summed E-state index contributed by atoms with van der Waals surface area (Å²) in [6, 6.07) is 29.6. The summed E-state index contributed by atoms with van der Waals surface area (Å²) in [7, 11) is 1.59. The van der Waals surface area contributed by atoms with Crippen molar-refractivity contribution < 1.29 is 19.1 Å². The molecule has 0 unspecified atom stereocenters. The van der Waals surface area contributed by atoms with Crippen LogP contribution in [0.25, 0.3) is 22.4 Å². The number of carbonyl (C=O) groups is 2. The largest absolute Gasteiger partial charge is 0.497 e. The van der Waals surface area contributed by atoms with Crippen LogP contribution in [-0.2, 0) is 9.53 Å². The molecule has 44 heavy (non-hydrogen) atoms. The maximum atomic E-state index is 13.4. The molecule has 0 bridgehead atoms. The van der Waals surface area contributed by atoms with Gasteiger partial charge in [0.1, 0.15) is 12.3 Å². The standard InChI is InChI=1S/C35H37N5O4/c1-43-30-15-13-29(14-16-30)35(42)40(24-31-8-5-23-44-31)25-34(41)39-21-19-38(20-22-39)33-18-17-32(36-37-33)28-11-9-27(10-12-28)26-6-3-2-4-7-26/h2-4,6-7,9-18,31H,5,8,19-25H2,1H3/t31-/m0/s1. The zero-order chi connectivity index (χ0) is 30.3. The molecule has 226 valence electrons. The summed E-state index contributed by atoms with van der Waals surface area (Å²) < 4.78 is 11.0. The predicted molar refractivity (Wildman–Crippen MR) is 170 cm³/mol. The molecule has 2 amide bonds. The fourth-order valence-electron chi connectivity index (χ4n) is 5.73. The Morgan fingerprint density at radius 1 is 0.841 bits per heavy atom. The van der Waals surface area contributed by atoms with Crippen molar-refractivity contribution in [1.82, 2.24) is 20.0 Å². The molecule has 9 nitrogen and oxygen atoms in total. The number of hydrogen-bond acceptors (Lipinski definition) is 7. The number of aromatic nitrogens is 2. The van der Waals surface area contributed by atoms with Gasteiger partial charge in [-0.3, -0.25) is 9.59 Å². The maximum Gasteiger partial charge on any atom is 0.254 e. The van der Waals surface area contributed by atoms with Crippen LogP contribution in [0.5, 0.6) is 5.75 Å². The smallest absolute Gasteiger partial charge is 0.254 e. The van der Waals surface area contributed by atoms with Gasteiger partial charge >= 0.3 is 0 Å².